The molecule has 4 rings (SSSR count). The van der Waals surface area contributed by atoms with Crippen molar-refractivity contribution < 1.29 is 4.42 Å². The third-order valence-corrected chi connectivity index (χ3v) is 4.67. The van der Waals surface area contributed by atoms with E-state index < -0.39 is 0 Å². The van der Waals surface area contributed by atoms with Crippen molar-refractivity contribution in [2.75, 3.05) is 7.05 Å². The van der Waals surface area contributed by atoms with E-state index in [9.17, 15) is 0 Å². The summed E-state index contributed by atoms with van der Waals surface area (Å²) in [4.78, 5) is 8.61. The number of fused-ring (bicyclic) bond motifs is 1. The average Bonchev–Trinajstić information content (AvgIpc) is 3.36. The van der Waals surface area contributed by atoms with E-state index in [2.05, 4.69) is 35.4 Å². The zero-order valence-corrected chi connectivity index (χ0v) is 18.1. The Morgan fingerprint density at radius 2 is 1.96 bits per heavy atom. The predicted molar refractivity (Wildman–Crippen MR) is 117 cm³/mol. The number of halogens is 1. The molecule has 0 saturated carbocycles. The highest BCUT2D eigenvalue weighted by atomic mass is 127. The number of aryl methyl sites for hydroxylation is 1. The van der Waals surface area contributed by atoms with Crippen LogP contribution in [0.4, 0.5) is 0 Å². The van der Waals surface area contributed by atoms with Gasteiger partial charge >= 0.3 is 0 Å². The summed E-state index contributed by atoms with van der Waals surface area (Å²) < 4.78 is 7.77. The number of benzene rings is 1. The maximum atomic E-state index is 5.56. The number of oxazole rings is 1. The van der Waals surface area contributed by atoms with Crippen LogP contribution < -0.4 is 10.6 Å². The first-order chi connectivity index (χ1) is 13.3. The van der Waals surface area contributed by atoms with Crippen LogP contribution >= 0.6 is 24.0 Å². The van der Waals surface area contributed by atoms with Gasteiger partial charge in [-0.2, -0.15) is 0 Å². The first-order valence-electron chi connectivity index (χ1n) is 9.18. The summed E-state index contributed by atoms with van der Waals surface area (Å²) in [5.41, 5.74) is 1.84. The molecule has 0 spiro atoms. The fraction of sp³-hybridized carbons (Fsp3) is 0.368. The Bertz CT molecular complexity index is 920. The third kappa shape index (κ3) is 4.51. The van der Waals surface area contributed by atoms with Crippen molar-refractivity contribution in [2.24, 2.45) is 4.99 Å². The molecule has 1 aromatic carbocycles. The van der Waals surface area contributed by atoms with Gasteiger partial charge in [0.05, 0.1) is 13.1 Å². The number of nitrogens with one attached hydrogen (secondary N) is 2. The normalized spacial score (nSPS) is 13.5. The summed E-state index contributed by atoms with van der Waals surface area (Å²) in [6.07, 6.45) is 4.85. The van der Waals surface area contributed by atoms with Gasteiger partial charge < -0.3 is 19.6 Å². The fourth-order valence-corrected chi connectivity index (χ4v) is 3.27. The van der Waals surface area contributed by atoms with E-state index in [0.717, 1.165) is 41.6 Å². The third-order valence-electron chi connectivity index (χ3n) is 4.67. The lowest BCUT2D eigenvalue weighted by Crippen LogP contribution is -2.37. The molecule has 2 aromatic heterocycles. The van der Waals surface area contributed by atoms with Crippen LogP contribution in [-0.2, 0) is 26.1 Å². The van der Waals surface area contributed by atoms with Crippen LogP contribution in [0.5, 0.6) is 0 Å². The molecule has 148 valence electrons. The number of hydrogen-bond donors (Lipinski definition) is 2. The smallest absolute Gasteiger partial charge is 0.191 e. The van der Waals surface area contributed by atoms with E-state index in [1.165, 1.54) is 19.2 Å². The quantitative estimate of drug-likeness (QED) is 0.323. The Kier molecular flexibility index (Phi) is 7.01. The number of hydrogen-bond acceptors (Lipinski definition) is 5. The molecule has 1 aliphatic rings. The van der Waals surface area contributed by atoms with Gasteiger partial charge in [0.25, 0.3) is 0 Å². The highest BCUT2D eigenvalue weighted by Crippen LogP contribution is 2.22. The summed E-state index contributed by atoms with van der Waals surface area (Å²) >= 11 is 0. The summed E-state index contributed by atoms with van der Waals surface area (Å²) in [6, 6.07) is 9.95. The summed E-state index contributed by atoms with van der Waals surface area (Å²) in [5, 5.41) is 15.2. The molecule has 0 fully saturated rings. The highest BCUT2D eigenvalue weighted by molar-refractivity contribution is 14.0. The monoisotopic (exact) mass is 493 g/mol. The van der Waals surface area contributed by atoms with E-state index in [1.54, 1.807) is 7.05 Å². The standard InChI is InChI=1S/C19H23N7O.HI/c1-20-19(22-12-17-25-24-16-9-5-6-10-26(16)17)21-11-15-18(27-13-23-15)14-7-3-2-4-8-14;/h2-4,7-8,13H,5-6,9-12H2,1H3,(H2,20,21,22);1H. The second-order valence-electron chi connectivity index (χ2n) is 6.41. The van der Waals surface area contributed by atoms with Crippen molar-refractivity contribution in [3.63, 3.8) is 0 Å². The molecule has 0 aliphatic carbocycles. The summed E-state index contributed by atoms with van der Waals surface area (Å²) in [5.74, 6) is 3.48. The van der Waals surface area contributed by atoms with Gasteiger partial charge in [0.2, 0.25) is 0 Å². The number of nitrogens with zero attached hydrogens (tertiary/aromatic N) is 5. The molecule has 9 heteroatoms. The van der Waals surface area contributed by atoms with Crippen molar-refractivity contribution in [1.29, 1.82) is 0 Å². The van der Waals surface area contributed by atoms with Crippen molar-refractivity contribution in [2.45, 2.75) is 38.9 Å². The molecule has 3 aromatic rings. The summed E-state index contributed by atoms with van der Waals surface area (Å²) in [6.45, 7) is 2.08. The van der Waals surface area contributed by atoms with Gasteiger partial charge in [0, 0.05) is 25.6 Å². The van der Waals surface area contributed by atoms with Crippen molar-refractivity contribution >= 4 is 29.9 Å². The molecule has 0 bridgehead atoms. The van der Waals surface area contributed by atoms with Crippen LogP contribution in [0.1, 0.15) is 30.2 Å². The van der Waals surface area contributed by atoms with Crippen molar-refractivity contribution in [3.05, 3.63) is 54.1 Å². The van der Waals surface area contributed by atoms with Crippen LogP contribution in [0.25, 0.3) is 11.3 Å². The van der Waals surface area contributed by atoms with E-state index in [0.29, 0.717) is 19.0 Å². The van der Waals surface area contributed by atoms with Crippen LogP contribution in [0.3, 0.4) is 0 Å². The van der Waals surface area contributed by atoms with E-state index in [1.807, 2.05) is 30.3 Å². The maximum absolute atomic E-state index is 5.56. The molecule has 0 atom stereocenters. The van der Waals surface area contributed by atoms with Gasteiger partial charge in [0.15, 0.2) is 23.9 Å². The molecule has 0 amide bonds. The number of rotatable bonds is 5. The topological polar surface area (TPSA) is 93.2 Å². The molecule has 2 N–H and O–H groups in total. The Hall–Kier alpha value is -2.43. The van der Waals surface area contributed by atoms with E-state index in [4.69, 9.17) is 4.42 Å². The minimum atomic E-state index is 0. The second kappa shape index (κ2) is 9.67. The molecular formula is C19H24IN7O. The molecule has 0 radical (unpaired) electrons. The van der Waals surface area contributed by atoms with Gasteiger partial charge in [0.1, 0.15) is 11.5 Å². The molecular weight excluding hydrogens is 469 g/mol. The maximum Gasteiger partial charge on any atom is 0.191 e. The molecule has 28 heavy (non-hydrogen) atoms. The Morgan fingerprint density at radius 1 is 1.14 bits per heavy atom. The minimum Gasteiger partial charge on any atom is -0.443 e. The predicted octanol–water partition coefficient (Wildman–Crippen LogP) is 2.75. The van der Waals surface area contributed by atoms with Crippen LogP contribution in [0.15, 0.2) is 46.1 Å². The minimum absolute atomic E-state index is 0. The lowest BCUT2D eigenvalue weighted by Gasteiger charge is -2.16. The van der Waals surface area contributed by atoms with Crippen molar-refractivity contribution in [1.82, 2.24) is 30.4 Å². The van der Waals surface area contributed by atoms with Gasteiger partial charge in [-0.15, -0.1) is 34.2 Å². The van der Waals surface area contributed by atoms with E-state index in [-0.39, 0.29) is 24.0 Å². The average molecular weight is 493 g/mol. The van der Waals surface area contributed by atoms with Crippen LogP contribution in [0, 0.1) is 0 Å². The van der Waals surface area contributed by atoms with Gasteiger partial charge in [-0.25, -0.2) is 4.98 Å². The van der Waals surface area contributed by atoms with Crippen molar-refractivity contribution in [3.8, 4) is 11.3 Å². The largest absolute Gasteiger partial charge is 0.443 e. The Labute approximate surface area is 180 Å². The Balaban J connectivity index is 0.00000225. The Morgan fingerprint density at radius 3 is 2.79 bits per heavy atom. The highest BCUT2D eigenvalue weighted by Gasteiger charge is 2.16. The molecule has 8 nitrogen and oxygen atoms in total. The van der Waals surface area contributed by atoms with E-state index >= 15 is 0 Å². The molecule has 3 heterocycles. The lowest BCUT2D eigenvalue weighted by atomic mass is 10.1. The molecule has 1 aliphatic heterocycles. The van der Waals surface area contributed by atoms with Gasteiger partial charge in [-0.3, -0.25) is 4.99 Å². The second-order valence-corrected chi connectivity index (χ2v) is 6.41. The summed E-state index contributed by atoms with van der Waals surface area (Å²) in [7, 11) is 1.75. The molecule has 0 unspecified atom stereocenters. The fourth-order valence-electron chi connectivity index (χ4n) is 3.27. The number of aliphatic imine (C=N–C) groups is 1. The zero-order valence-electron chi connectivity index (χ0n) is 15.8. The van der Waals surface area contributed by atoms with Gasteiger partial charge in [-0.1, -0.05) is 30.3 Å². The molecule has 0 saturated heterocycles. The number of guanidine groups is 1. The van der Waals surface area contributed by atoms with Gasteiger partial charge in [-0.05, 0) is 12.8 Å². The van der Waals surface area contributed by atoms with Crippen LogP contribution in [-0.4, -0.2) is 32.8 Å². The lowest BCUT2D eigenvalue weighted by molar-refractivity contribution is 0.504. The van der Waals surface area contributed by atoms with Crippen LogP contribution in [0.2, 0.25) is 0 Å². The zero-order chi connectivity index (χ0) is 18.5. The first-order valence-corrected chi connectivity index (χ1v) is 9.18. The first kappa shape index (κ1) is 20.3. The number of aromatic nitrogens is 4. The SMILES string of the molecule is CN=C(NCc1ncoc1-c1ccccc1)NCc1nnc2n1CCCC2.I.